The zero-order chi connectivity index (χ0) is 16.2. The summed E-state index contributed by atoms with van der Waals surface area (Å²) < 4.78 is 5.16. The third-order valence-electron chi connectivity index (χ3n) is 3.14. The van der Waals surface area contributed by atoms with Crippen molar-refractivity contribution in [2.45, 2.75) is 6.92 Å². The zero-order valence-corrected chi connectivity index (χ0v) is 14.5. The molecule has 1 unspecified atom stereocenters. The first-order chi connectivity index (χ1) is 9.81. The summed E-state index contributed by atoms with van der Waals surface area (Å²) in [5.41, 5.74) is 6.34. The van der Waals surface area contributed by atoms with Crippen LogP contribution in [0.5, 0.6) is 5.75 Å². The first-order valence-electron chi connectivity index (χ1n) is 6.41. The van der Waals surface area contributed by atoms with E-state index in [2.05, 4.69) is 5.32 Å². The molecule has 2 amide bonds. The molecule has 0 fully saturated rings. The van der Waals surface area contributed by atoms with Gasteiger partial charge in [0.05, 0.1) is 29.3 Å². The number of nitrogens with one attached hydrogen (secondary N) is 1. The quantitative estimate of drug-likeness (QED) is 0.793. The molecule has 6 nitrogen and oxygen atoms in total. The highest BCUT2D eigenvalue weighted by molar-refractivity contribution is 6.33. The Morgan fingerprint density at radius 1 is 1.45 bits per heavy atom. The van der Waals surface area contributed by atoms with Gasteiger partial charge in [-0.1, -0.05) is 18.5 Å². The van der Waals surface area contributed by atoms with Gasteiger partial charge < -0.3 is 20.7 Å². The van der Waals surface area contributed by atoms with Crippen molar-refractivity contribution in [3.63, 3.8) is 0 Å². The maximum absolute atomic E-state index is 12.4. The average molecular weight is 350 g/mol. The summed E-state index contributed by atoms with van der Waals surface area (Å²) in [7, 11) is 4.63. The lowest BCUT2D eigenvalue weighted by Gasteiger charge is -2.22. The van der Waals surface area contributed by atoms with E-state index in [1.807, 2.05) is 0 Å². The zero-order valence-electron chi connectivity index (χ0n) is 13.0. The minimum atomic E-state index is -0.320. The van der Waals surface area contributed by atoms with Gasteiger partial charge in [0.2, 0.25) is 5.91 Å². The molecule has 3 N–H and O–H groups in total. The number of hydrogen-bond donors (Lipinski definition) is 2. The van der Waals surface area contributed by atoms with E-state index in [4.69, 9.17) is 22.1 Å². The van der Waals surface area contributed by atoms with Gasteiger partial charge in [-0.2, -0.15) is 0 Å². The number of anilines is 1. The van der Waals surface area contributed by atoms with E-state index in [-0.39, 0.29) is 41.7 Å². The van der Waals surface area contributed by atoms with Crippen molar-refractivity contribution in [3.05, 3.63) is 22.7 Å². The van der Waals surface area contributed by atoms with Crippen molar-refractivity contribution >= 4 is 41.5 Å². The molecule has 0 aliphatic rings. The molecule has 124 valence electrons. The highest BCUT2D eigenvalue weighted by Gasteiger charge is 2.22. The fourth-order valence-electron chi connectivity index (χ4n) is 1.93. The second kappa shape index (κ2) is 8.70. The largest absolute Gasteiger partial charge is 0.496 e. The topological polar surface area (TPSA) is 84.7 Å². The van der Waals surface area contributed by atoms with Crippen LogP contribution in [-0.4, -0.2) is 44.5 Å². The van der Waals surface area contributed by atoms with E-state index < -0.39 is 0 Å². The summed E-state index contributed by atoms with van der Waals surface area (Å²) in [4.78, 5) is 25.4. The summed E-state index contributed by atoms with van der Waals surface area (Å²) in [6.07, 6.45) is 0. The molecule has 8 heteroatoms. The van der Waals surface area contributed by atoms with E-state index in [9.17, 15) is 9.59 Å². The second-order valence-electron chi connectivity index (χ2n) is 4.77. The van der Waals surface area contributed by atoms with E-state index in [0.29, 0.717) is 17.0 Å². The predicted octanol–water partition coefficient (Wildman–Crippen LogP) is 1.81. The van der Waals surface area contributed by atoms with Crippen LogP contribution in [0.4, 0.5) is 5.69 Å². The number of carbonyl (C=O) groups excluding carboxylic acids is 2. The molecule has 0 heterocycles. The average Bonchev–Trinajstić information content (AvgIpc) is 2.47. The van der Waals surface area contributed by atoms with Crippen LogP contribution in [0.2, 0.25) is 5.02 Å². The number of halogens is 2. The molecule has 1 rings (SSSR count). The number of benzene rings is 1. The fraction of sp³-hybridized carbons (Fsp3) is 0.429. The van der Waals surface area contributed by atoms with Crippen LogP contribution in [0.3, 0.4) is 0 Å². The lowest BCUT2D eigenvalue weighted by atomic mass is 10.1. The summed E-state index contributed by atoms with van der Waals surface area (Å²) in [6.45, 7) is 2.03. The van der Waals surface area contributed by atoms with Gasteiger partial charge in [-0.25, -0.2) is 0 Å². The molecule has 0 aliphatic carbocycles. The Labute approximate surface area is 141 Å². The number of ether oxygens (including phenoxy) is 1. The lowest BCUT2D eigenvalue weighted by molar-refractivity contribution is -0.124. The number of nitrogens with zero attached hydrogens (tertiary/aromatic N) is 1. The summed E-state index contributed by atoms with van der Waals surface area (Å²) in [5.74, 6) is -0.387. The van der Waals surface area contributed by atoms with E-state index in [1.165, 1.54) is 24.1 Å². The Balaban J connectivity index is 0.00000441. The van der Waals surface area contributed by atoms with Gasteiger partial charge in [-0.15, -0.1) is 12.4 Å². The molecule has 0 spiro atoms. The van der Waals surface area contributed by atoms with Crippen LogP contribution < -0.4 is 15.8 Å². The van der Waals surface area contributed by atoms with Gasteiger partial charge in [0.25, 0.3) is 5.91 Å². The molecule has 0 saturated carbocycles. The summed E-state index contributed by atoms with van der Waals surface area (Å²) in [6, 6.07) is 2.98. The molecule has 0 aliphatic heterocycles. The molecule has 1 aromatic carbocycles. The fourth-order valence-corrected chi connectivity index (χ4v) is 2.10. The SMILES string of the molecule is CNC(=O)C(C)CN(C)C(=O)c1cc(Cl)c(N)cc1OC.Cl. The van der Waals surface area contributed by atoms with Crippen molar-refractivity contribution in [1.82, 2.24) is 10.2 Å². The Morgan fingerprint density at radius 3 is 2.55 bits per heavy atom. The molecule has 0 bridgehead atoms. The van der Waals surface area contributed by atoms with Crippen molar-refractivity contribution in [2.24, 2.45) is 5.92 Å². The van der Waals surface area contributed by atoms with E-state index in [1.54, 1.807) is 21.0 Å². The van der Waals surface area contributed by atoms with E-state index >= 15 is 0 Å². The van der Waals surface area contributed by atoms with Gasteiger partial charge in [-0.05, 0) is 6.07 Å². The molecule has 22 heavy (non-hydrogen) atoms. The van der Waals surface area contributed by atoms with Crippen LogP contribution in [0, 0.1) is 5.92 Å². The van der Waals surface area contributed by atoms with Gasteiger partial charge in [-0.3, -0.25) is 9.59 Å². The Kier molecular flexibility index (Phi) is 8.05. The van der Waals surface area contributed by atoms with Crippen LogP contribution in [0.1, 0.15) is 17.3 Å². The highest BCUT2D eigenvalue weighted by atomic mass is 35.5. The molecular weight excluding hydrogens is 329 g/mol. The third-order valence-corrected chi connectivity index (χ3v) is 3.46. The molecule has 0 radical (unpaired) electrons. The lowest BCUT2D eigenvalue weighted by Crippen LogP contribution is -2.37. The highest BCUT2D eigenvalue weighted by Crippen LogP contribution is 2.29. The summed E-state index contributed by atoms with van der Waals surface area (Å²) in [5, 5.41) is 2.83. The number of nitrogens with two attached hydrogens (primary N) is 1. The number of rotatable bonds is 5. The van der Waals surface area contributed by atoms with Crippen LogP contribution in [0.25, 0.3) is 0 Å². The molecule has 1 atom stereocenters. The monoisotopic (exact) mass is 349 g/mol. The van der Waals surface area contributed by atoms with Crippen LogP contribution in [0.15, 0.2) is 12.1 Å². The Hall–Kier alpha value is -1.66. The molecule has 0 aromatic heterocycles. The Bertz CT molecular complexity index is 552. The number of nitrogen functional groups attached to an aromatic ring is 1. The van der Waals surface area contributed by atoms with Crippen molar-refractivity contribution in [2.75, 3.05) is 33.5 Å². The molecular formula is C14H21Cl2N3O3. The minimum Gasteiger partial charge on any atom is -0.496 e. The predicted molar refractivity (Wildman–Crippen MR) is 89.9 cm³/mol. The smallest absolute Gasteiger partial charge is 0.257 e. The molecule has 1 aromatic rings. The third kappa shape index (κ3) is 4.68. The summed E-state index contributed by atoms with van der Waals surface area (Å²) >= 11 is 5.95. The molecule has 0 saturated heterocycles. The standard InChI is InChI=1S/C14H20ClN3O3.ClH/c1-8(13(19)17-2)7-18(3)14(20)9-5-10(15)11(16)6-12(9)21-4;/h5-6,8H,7,16H2,1-4H3,(H,17,19);1H. The number of amides is 2. The number of methoxy groups -OCH3 is 1. The first-order valence-corrected chi connectivity index (χ1v) is 6.79. The maximum Gasteiger partial charge on any atom is 0.257 e. The van der Waals surface area contributed by atoms with E-state index in [0.717, 1.165) is 0 Å². The normalized spacial score (nSPS) is 11.1. The Morgan fingerprint density at radius 2 is 2.05 bits per heavy atom. The van der Waals surface area contributed by atoms with Gasteiger partial charge >= 0.3 is 0 Å². The van der Waals surface area contributed by atoms with Gasteiger partial charge in [0.15, 0.2) is 0 Å². The second-order valence-corrected chi connectivity index (χ2v) is 5.18. The van der Waals surface area contributed by atoms with Crippen LogP contribution >= 0.6 is 24.0 Å². The maximum atomic E-state index is 12.4. The number of hydrogen-bond acceptors (Lipinski definition) is 4. The van der Waals surface area contributed by atoms with Crippen molar-refractivity contribution in [3.8, 4) is 5.75 Å². The van der Waals surface area contributed by atoms with Crippen molar-refractivity contribution < 1.29 is 14.3 Å². The number of carbonyl (C=O) groups is 2. The van der Waals surface area contributed by atoms with Gasteiger partial charge in [0.1, 0.15) is 5.75 Å². The minimum absolute atomic E-state index is 0. The van der Waals surface area contributed by atoms with Crippen molar-refractivity contribution in [1.29, 1.82) is 0 Å². The van der Waals surface area contributed by atoms with Gasteiger partial charge in [0, 0.05) is 26.7 Å². The van der Waals surface area contributed by atoms with Crippen LogP contribution in [-0.2, 0) is 4.79 Å². The first kappa shape index (κ1) is 20.3.